The minimum absolute atomic E-state index is 0.0437. The van der Waals surface area contributed by atoms with Crippen LogP contribution >= 0.6 is 0 Å². The standard InChI is InChI=1S/C10H18N2O3/c1-8(13)12(2)7-10(14)11-15-9-5-3-4-6-9/h9H,3-7H2,1-2H3,(H,11,14). The summed E-state index contributed by atoms with van der Waals surface area (Å²) in [6.07, 6.45) is 4.48. The number of hydrogen-bond donors (Lipinski definition) is 1. The molecule has 1 aliphatic carbocycles. The smallest absolute Gasteiger partial charge is 0.263 e. The van der Waals surface area contributed by atoms with E-state index >= 15 is 0 Å². The van der Waals surface area contributed by atoms with Crippen molar-refractivity contribution in [3.8, 4) is 0 Å². The first-order valence-electron chi connectivity index (χ1n) is 5.26. The molecule has 1 rings (SSSR count). The molecule has 1 saturated carbocycles. The van der Waals surface area contributed by atoms with Crippen LogP contribution in [0.1, 0.15) is 32.6 Å². The predicted molar refractivity (Wildman–Crippen MR) is 54.8 cm³/mol. The van der Waals surface area contributed by atoms with Crippen molar-refractivity contribution in [3.63, 3.8) is 0 Å². The zero-order valence-corrected chi connectivity index (χ0v) is 9.28. The predicted octanol–water partition coefficient (Wildman–Crippen LogP) is 0.455. The maximum atomic E-state index is 11.3. The van der Waals surface area contributed by atoms with Gasteiger partial charge in [0.05, 0.1) is 6.10 Å². The molecule has 5 nitrogen and oxygen atoms in total. The minimum atomic E-state index is -0.278. The Morgan fingerprint density at radius 2 is 2.00 bits per heavy atom. The largest absolute Gasteiger partial charge is 0.337 e. The van der Waals surface area contributed by atoms with Gasteiger partial charge in [0, 0.05) is 14.0 Å². The van der Waals surface area contributed by atoms with Gasteiger partial charge in [0.15, 0.2) is 0 Å². The average molecular weight is 214 g/mol. The van der Waals surface area contributed by atoms with Crippen LogP contribution in [-0.4, -0.2) is 36.4 Å². The fourth-order valence-corrected chi connectivity index (χ4v) is 1.51. The number of likely N-dealkylation sites (N-methyl/N-ethyl adjacent to an activating group) is 1. The van der Waals surface area contributed by atoms with Gasteiger partial charge in [-0.25, -0.2) is 5.48 Å². The molecule has 15 heavy (non-hydrogen) atoms. The van der Waals surface area contributed by atoms with Crippen LogP contribution in [0.5, 0.6) is 0 Å². The molecular weight excluding hydrogens is 196 g/mol. The highest BCUT2D eigenvalue weighted by atomic mass is 16.7. The summed E-state index contributed by atoms with van der Waals surface area (Å²) in [5.74, 6) is -0.411. The van der Waals surface area contributed by atoms with Crippen LogP contribution < -0.4 is 5.48 Å². The third-order valence-corrected chi connectivity index (χ3v) is 2.56. The highest BCUT2D eigenvalue weighted by Gasteiger charge is 2.17. The SMILES string of the molecule is CC(=O)N(C)CC(=O)NOC1CCCC1. The molecule has 1 aliphatic rings. The van der Waals surface area contributed by atoms with Gasteiger partial charge in [-0.1, -0.05) is 12.8 Å². The van der Waals surface area contributed by atoms with Crippen molar-refractivity contribution < 1.29 is 14.4 Å². The first-order chi connectivity index (χ1) is 7.09. The first-order valence-corrected chi connectivity index (χ1v) is 5.26. The van der Waals surface area contributed by atoms with Gasteiger partial charge in [0.1, 0.15) is 6.54 Å². The van der Waals surface area contributed by atoms with Crippen LogP contribution in [-0.2, 0) is 14.4 Å². The molecule has 0 saturated heterocycles. The Hall–Kier alpha value is -1.10. The Morgan fingerprint density at radius 1 is 1.40 bits per heavy atom. The summed E-state index contributed by atoms with van der Waals surface area (Å²) in [5, 5.41) is 0. The molecule has 0 aromatic carbocycles. The number of hydroxylamine groups is 1. The van der Waals surface area contributed by atoms with E-state index in [0.717, 1.165) is 25.7 Å². The summed E-state index contributed by atoms with van der Waals surface area (Å²) in [4.78, 5) is 28.7. The van der Waals surface area contributed by atoms with Crippen LogP contribution in [0.2, 0.25) is 0 Å². The normalized spacial score (nSPS) is 16.4. The van der Waals surface area contributed by atoms with E-state index in [0.29, 0.717) is 0 Å². The van der Waals surface area contributed by atoms with E-state index in [9.17, 15) is 9.59 Å². The molecule has 0 aromatic rings. The number of nitrogens with zero attached hydrogens (tertiary/aromatic N) is 1. The van der Waals surface area contributed by atoms with E-state index in [1.807, 2.05) is 0 Å². The summed E-state index contributed by atoms with van der Waals surface area (Å²) in [6.45, 7) is 1.47. The molecular formula is C10H18N2O3. The zero-order valence-electron chi connectivity index (χ0n) is 9.28. The number of rotatable bonds is 4. The Balaban J connectivity index is 2.15. The van der Waals surface area contributed by atoms with Crippen LogP contribution in [0, 0.1) is 0 Å². The van der Waals surface area contributed by atoms with Crippen molar-refractivity contribution >= 4 is 11.8 Å². The number of hydrogen-bond acceptors (Lipinski definition) is 3. The number of nitrogens with one attached hydrogen (secondary N) is 1. The Morgan fingerprint density at radius 3 is 2.53 bits per heavy atom. The lowest BCUT2D eigenvalue weighted by molar-refractivity contribution is -0.143. The molecule has 0 aliphatic heterocycles. The van der Waals surface area contributed by atoms with Crippen LogP contribution in [0.15, 0.2) is 0 Å². The third kappa shape index (κ3) is 4.29. The summed E-state index contributed by atoms with van der Waals surface area (Å²) in [7, 11) is 1.58. The second kappa shape index (κ2) is 5.70. The maximum Gasteiger partial charge on any atom is 0.263 e. The maximum absolute atomic E-state index is 11.3. The molecule has 0 radical (unpaired) electrons. The molecule has 1 N–H and O–H groups in total. The van der Waals surface area contributed by atoms with E-state index in [1.165, 1.54) is 11.8 Å². The minimum Gasteiger partial charge on any atom is -0.337 e. The van der Waals surface area contributed by atoms with Gasteiger partial charge in [-0.2, -0.15) is 0 Å². The molecule has 0 bridgehead atoms. The van der Waals surface area contributed by atoms with Crippen molar-refractivity contribution in [2.45, 2.75) is 38.7 Å². The topological polar surface area (TPSA) is 58.6 Å². The molecule has 0 atom stereocenters. The van der Waals surface area contributed by atoms with Gasteiger partial charge < -0.3 is 4.90 Å². The monoisotopic (exact) mass is 214 g/mol. The van der Waals surface area contributed by atoms with Crippen LogP contribution in [0.25, 0.3) is 0 Å². The lowest BCUT2D eigenvalue weighted by Gasteiger charge is -2.16. The number of carbonyl (C=O) groups is 2. The second-order valence-corrected chi connectivity index (χ2v) is 3.92. The fraction of sp³-hybridized carbons (Fsp3) is 0.800. The van der Waals surface area contributed by atoms with Crippen molar-refractivity contribution in [1.82, 2.24) is 10.4 Å². The lowest BCUT2D eigenvalue weighted by Crippen LogP contribution is -2.38. The van der Waals surface area contributed by atoms with Crippen molar-refractivity contribution in [2.75, 3.05) is 13.6 Å². The second-order valence-electron chi connectivity index (χ2n) is 3.92. The van der Waals surface area contributed by atoms with E-state index in [4.69, 9.17) is 4.84 Å². The van der Waals surface area contributed by atoms with Crippen molar-refractivity contribution in [2.24, 2.45) is 0 Å². The van der Waals surface area contributed by atoms with Gasteiger partial charge in [0.25, 0.3) is 5.91 Å². The van der Waals surface area contributed by atoms with Crippen molar-refractivity contribution in [1.29, 1.82) is 0 Å². The van der Waals surface area contributed by atoms with Gasteiger partial charge in [-0.3, -0.25) is 14.4 Å². The van der Waals surface area contributed by atoms with Crippen molar-refractivity contribution in [3.05, 3.63) is 0 Å². The quantitative estimate of drug-likeness (QED) is 0.691. The summed E-state index contributed by atoms with van der Waals surface area (Å²) >= 11 is 0. The Kier molecular flexibility index (Phi) is 4.55. The van der Waals surface area contributed by atoms with Gasteiger partial charge in [0.2, 0.25) is 5.91 Å². The Bertz CT molecular complexity index is 237. The van der Waals surface area contributed by atoms with Crippen LogP contribution in [0.4, 0.5) is 0 Å². The number of amides is 2. The molecule has 0 aromatic heterocycles. The first kappa shape index (κ1) is 12.0. The molecule has 1 fully saturated rings. The summed E-state index contributed by atoms with van der Waals surface area (Å²) < 4.78 is 0. The highest BCUT2D eigenvalue weighted by Crippen LogP contribution is 2.19. The van der Waals surface area contributed by atoms with E-state index in [2.05, 4.69) is 5.48 Å². The van der Waals surface area contributed by atoms with Gasteiger partial charge >= 0.3 is 0 Å². The van der Waals surface area contributed by atoms with Crippen LogP contribution in [0.3, 0.4) is 0 Å². The highest BCUT2D eigenvalue weighted by molar-refractivity contribution is 5.82. The summed E-state index contributed by atoms with van der Waals surface area (Å²) in [6, 6.07) is 0. The van der Waals surface area contributed by atoms with E-state index < -0.39 is 0 Å². The molecule has 86 valence electrons. The van der Waals surface area contributed by atoms with E-state index in [1.54, 1.807) is 7.05 Å². The summed E-state index contributed by atoms with van der Waals surface area (Å²) in [5.41, 5.74) is 2.38. The molecule has 2 amide bonds. The average Bonchev–Trinajstić information content (AvgIpc) is 2.66. The molecule has 0 spiro atoms. The third-order valence-electron chi connectivity index (χ3n) is 2.56. The van der Waals surface area contributed by atoms with E-state index in [-0.39, 0.29) is 24.5 Å². The van der Waals surface area contributed by atoms with Gasteiger partial charge in [-0.05, 0) is 12.8 Å². The molecule has 5 heteroatoms. The Labute approximate surface area is 89.7 Å². The molecule has 0 heterocycles. The van der Waals surface area contributed by atoms with Gasteiger partial charge in [-0.15, -0.1) is 0 Å². The number of carbonyl (C=O) groups excluding carboxylic acids is 2. The molecule has 0 unspecified atom stereocenters. The lowest BCUT2D eigenvalue weighted by atomic mass is 10.3. The fourth-order valence-electron chi connectivity index (χ4n) is 1.51. The zero-order chi connectivity index (χ0) is 11.3.